The van der Waals surface area contributed by atoms with E-state index in [1.165, 1.54) is 0 Å². The van der Waals surface area contributed by atoms with Crippen LogP contribution < -0.4 is 5.73 Å². The molecule has 5 nitrogen and oxygen atoms in total. The van der Waals surface area contributed by atoms with Gasteiger partial charge < -0.3 is 10.5 Å². The molecule has 2 N–H and O–H groups in total. The quantitative estimate of drug-likeness (QED) is 0.899. The highest BCUT2D eigenvalue weighted by Gasteiger charge is 2.45. The minimum atomic E-state index is -3.42. The van der Waals surface area contributed by atoms with Crippen molar-refractivity contribution < 1.29 is 13.2 Å². The molecule has 22 heavy (non-hydrogen) atoms. The molecule has 2 aliphatic rings. The maximum absolute atomic E-state index is 12.8. The van der Waals surface area contributed by atoms with Gasteiger partial charge in [0.15, 0.2) is 0 Å². The van der Waals surface area contributed by atoms with Gasteiger partial charge in [-0.05, 0) is 42.4 Å². The van der Waals surface area contributed by atoms with Crippen LogP contribution in [0.1, 0.15) is 18.4 Å². The Kier molecular flexibility index (Phi) is 5.50. The zero-order valence-electron chi connectivity index (χ0n) is 12.6. The molecule has 1 aromatic rings. The zero-order chi connectivity index (χ0) is 15.0. The molecular formula is C15H23ClN2O3S. The van der Waals surface area contributed by atoms with Crippen LogP contribution in [-0.2, 0) is 21.4 Å². The monoisotopic (exact) mass is 346 g/mol. The molecule has 1 aliphatic carbocycles. The van der Waals surface area contributed by atoms with Crippen LogP contribution >= 0.6 is 12.4 Å². The third kappa shape index (κ3) is 3.16. The first-order valence-corrected chi connectivity index (χ1v) is 8.80. The SMILES string of the molecule is COCc1cccc(S(=O)(=O)N2CC3CCC(N)C3C2)c1.Cl. The Morgan fingerprint density at radius 3 is 2.77 bits per heavy atom. The molecule has 1 heterocycles. The van der Waals surface area contributed by atoms with Crippen molar-refractivity contribution in [1.82, 2.24) is 4.31 Å². The summed E-state index contributed by atoms with van der Waals surface area (Å²) < 4.78 is 32.2. The first-order chi connectivity index (χ1) is 10.0. The lowest BCUT2D eigenvalue weighted by Gasteiger charge is -2.19. The largest absolute Gasteiger partial charge is 0.380 e. The second-order valence-corrected chi connectivity index (χ2v) is 8.01. The summed E-state index contributed by atoms with van der Waals surface area (Å²) in [6, 6.07) is 7.14. The van der Waals surface area contributed by atoms with E-state index in [-0.39, 0.29) is 18.4 Å². The highest BCUT2D eigenvalue weighted by molar-refractivity contribution is 7.89. The molecule has 0 spiro atoms. The fourth-order valence-electron chi connectivity index (χ4n) is 3.57. The number of ether oxygens (including phenoxy) is 1. The van der Waals surface area contributed by atoms with Gasteiger partial charge in [-0.2, -0.15) is 4.31 Å². The topological polar surface area (TPSA) is 72.6 Å². The van der Waals surface area contributed by atoms with Crippen molar-refractivity contribution in [3.05, 3.63) is 29.8 Å². The molecule has 0 radical (unpaired) electrons. The van der Waals surface area contributed by atoms with Crippen molar-refractivity contribution >= 4 is 22.4 Å². The molecule has 124 valence electrons. The van der Waals surface area contributed by atoms with E-state index < -0.39 is 10.0 Å². The number of halogens is 1. The molecule has 3 atom stereocenters. The van der Waals surface area contributed by atoms with E-state index in [1.807, 2.05) is 6.07 Å². The van der Waals surface area contributed by atoms with Crippen LogP contribution in [-0.4, -0.2) is 39.0 Å². The molecule has 1 saturated carbocycles. The van der Waals surface area contributed by atoms with Crippen molar-refractivity contribution in [2.75, 3.05) is 20.2 Å². The number of nitrogens with two attached hydrogens (primary N) is 1. The summed E-state index contributed by atoms with van der Waals surface area (Å²) in [5.74, 6) is 0.749. The van der Waals surface area contributed by atoms with Gasteiger partial charge in [-0.3, -0.25) is 0 Å². The Hall–Kier alpha value is -0.660. The van der Waals surface area contributed by atoms with Gasteiger partial charge in [-0.25, -0.2) is 8.42 Å². The van der Waals surface area contributed by atoms with Gasteiger partial charge in [0.2, 0.25) is 10.0 Å². The van der Waals surface area contributed by atoms with Crippen LogP contribution in [0.5, 0.6) is 0 Å². The van der Waals surface area contributed by atoms with Gasteiger partial charge in [0.05, 0.1) is 11.5 Å². The standard InChI is InChI=1S/C15H22N2O3S.ClH/c1-20-10-11-3-2-4-13(7-11)21(18,19)17-8-12-5-6-15(16)14(12)9-17;/h2-4,7,12,14-15H,5-6,8-10,16H2,1H3;1H. The molecule has 1 saturated heterocycles. The molecule has 0 bridgehead atoms. The first kappa shape index (κ1) is 17.7. The van der Waals surface area contributed by atoms with E-state index in [9.17, 15) is 8.42 Å². The summed E-state index contributed by atoms with van der Waals surface area (Å²) >= 11 is 0. The van der Waals surface area contributed by atoms with Crippen LogP contribution in [0.4, 0.5) is 0 Å². The number of fused-ring (bicyclic) bond motifs is 1. The predicted octanol–water partition coefficient (Wildman–Crippen LogP) is 1.61. The smallest absolute Gasteiger partial charge is 0.243 e. The maximum Gasteiger partial charge on any atom is 0.243 e. The van der Waals surface area contributed by atoms with E-state index in [1.54, 1.807) is 29.6 Å². The second kappa shape index (κ2) is 6.84. The second-order valence-electron chi connectivity index (χ2n) is 6.07. The van der Waals surface area contributed by atoms with Crippen LogP contribution in [0.3, 0.4) is 0 Å². The fraction of sp³-hybridized carbons (Fsp3) is 0.600. The number of hydrogen-bond acceptors (Lipinski definition) is 4. The molecule has 1 aromatic carbocycles. The van der Waals surface area contributed by atoms with Crippen molar-refractivity contribution in [3.8, 4) is 0 Å². The minimum absolute atomic E-state index is 0. The highest BCUT2D eigenvalue weighted by atomic mass is 35.5. The highest BCUT2D eigenvalue weighted by Crippen LogP contribution is 2.39. The van der Waals surface area contributed by atoms with E-state index >= 15 is 0 Å². The van der Waals surface area contributed by atoms with Crippen molar-refractivity contribution in [1.29, 1.82) is 0 Å². The Balaban J connectivity index is 0.00000176. The van der Waals surface area contributed by atoms with Gasteiger partial charge in [0, 0.05) is 26.2 Å². The van der Waals surface area contributed by atoms with Gasteiger partial charge in [0.1, 0.15) is 0 Å². The lowest BCUT2D eigenvalue weighted by atomic mass is 9.98. The number of benzene rings is 1. The normalized spacial score (nSPS) is 28.4. The lowest BCUT2D eigenvalue weighted by molar-refractivity contribution is 0.184. The Morgan fingerprint density at radius 2 is 2.09 bits per heavy atom. The van der Waals surface area contributed by atoms with Gasteiger partial charge in [-0.15, -0.1) is 12.4 Å². The summed E-state index contributed by atoms with van der Waals surface area (Å²) in [6.07, 6.45) is 2.06. The summed E-state index contributed by atoms with van der Waals surface area (Å²) in [6.45, 7) is 1.58. The van der Waals surface area contributed by atoms with Crippen molar-refractivity contribution in [2.45, 2.75) is 30.4 Å². The van der Waals surface area contributed by atoms with E-state index in [4.69, 9.17) is 10.5 Å². The first-order valence-electron chi connectivity index (χ1n) is 7.36. The van der Waals surface area contributed by atoms with Gasteiger partial charge in [0.25, 0.3) is 0 Å². The molecule has 3 unspecified atom stereocenters. The van der Waals surface area contributed by atoms with Crippen LogP contribution in [0, 0.1) is 11.8 Å². The van der Waals surface area contributed by atoms with Gasteiger partial charge >= 0.3 is 0 Å². The minimum Gasteiger partial charge on any atom is -0.380 e. The van der Waals surface area contributed by atoms with Crippen LogP contribution in [0.2, 0.25) is 0 Å². The zero-order valence-corrected chi connectivity index (χ0v) is 14.3. The molecular weight excluding hydrogens is 324 g/mol. The molecule has 2 fully saturated rings. The van der Waals surface area contributed by atoms with E-state index in [2.05, 4.69) is 0 Å². The average Bonchev–Trinajstić information content (AvgIpc) is 3.03. The summed E-state index contributed by atoms with van der Waals surface area (Å²) in [4.78, 5) is 0.352. The lowest BCUT2D eigenvalue weighted by Crippen LogP contribution is -2.33. The molecule has 0 aromatic heterocycles. The molecule has 1 aliphatic heterocycles. The number of rotatable bonds is 4. The molecule has 3 rings (SSSR count). The predicted molar refractivity (Wildman–Crippen MR) is 87.4 cm³/mol. The number of nitrogens with zero attached hydrogens (tertiary/aromatic N) is 1. The van der Waals surface area contributed by atoms with E-state index in [0.717, 1.165) is 18.4 Å². The summed E-state index contributed by atoms with van der Waals surface area (Å²) in [5.41, 5.74) is 6.96. The van der Waals surface area contributed by atoms with E-state index in [0.29, 0.717) is 36.4 Å². The molecule has 0 amide bonds. The third-order valence-corrected chi connectivity index (χ3v) is 6.55. The van der Waals surface area contributed by atoms with Crippen LogP contribution in [0.15, 0.2) is 29.2 Å². The fourth-order valence-corrected chi connectivity index (χ4v) is 5.18. The third-order valence-electron chi connectivity index (χ3n) is 4.73. The summed E-state index contributed by atoms with van der Waals surface area (Å²) in [7, 11) is -1.82. The Bertz CT molecular complexity index is 623. The summed E-state index contributed by atoms with van der Waals surface area (Å²) in [5, 5.41) is 0. The van der Waals surface area contributed by atoms with Crippen LogP contribution in [0.25, 0.3) is 0 Å². The molecule has 7 heteroatoms. The Labute approximate surface area is 138 Å². The number of hydrogen-bond donors (Lipinski definition) is 1. The average molecular weight is 347 g/mol. The maximum atomic E-state index is 12.8. The van der Waals surface area contributed by atoms with Crippen molar-refractivity contribution in [2.24, 2.45) is 17.6 Å². The number of sulfonamides is 1. The Morgan fingerprint density at radius 1 is 1.32 bits per heavy atom. The van der Waals surface area contributed by atoms with Crippen molar-refractivity contribution in [3.63, 3.8) is 0 Å². The number of methoxy groups -OCH3 is 1. The van der Waals surface area contributed by atoms with Gasteiger partial charge in [-0.1, -0.05) is 12.1 Å².